The number of aryl methyl sites for hydroxylation is 3. The van der Waals surface area contributed by atoms with Crippen LogP contribution < -0.4 is 0 Å². The third-order valence-corrected chi connectivity index (χ3v) is 9.74. The molecule has 0 saturated carbocycles. The smallest absolute Gasteiger partial charge is 0.193 e. The molecule has 0 amide bonds. The number of benzene rings is 9. The van der Waals surface area contributed by atoms with E-state index in [9.17, 15) is 14.4 Å². The molecule has 3 heteroatoms. The van der Waals surface area contributed by atoms with E-state index in [1.807, 2.05) is 196 Å². The molecule has 0 unspecified atom stereocenters. The van der Waals surface area contributed by atoms with E-state index in [0.717, 1.165) is 65.7 Å². The molecule has 0 heterocycles. The van der Waals surface area contributed by atoms with Crippen LogP contribution in [0.1, 0.15) is 88.1 Å². The maximum Gasteiger partial charge on any atom is 0.193 e. The van der Waals surface area contributed by atoms with E-state index in [0.29, 0.717) is 0 Å². The molecular weight excluding hydrogens is 745 g/mol. The molecule has 0 saturated heterocycles. The average Bonchev–Trinajstić information content (AvgIpc) is 3.26. The van der Waals surface area contributed by atoms with Gasteiger partial charge in [-0.2, -0.15) is 0 Å². The van der Waals surface area contributed by atoms with Crippen molar-refractivity contribution in [2.75, 3.05) is 0 Å². The second-order valence-electron chi connectivity index (χ2n) is 14.2. The second kappa shape index (κ2) is 23.4. The van der Waals surface area contributed by atoms with Gasteiger partial charge in [0.05, 0.1) is 0 Å². The van der Waals surface area contributed by atoms with Crippen LogP contribution in [-0.2, 0) is 0 Å². The summed E-state index contributed by atoms with van der Waals surface area (Å²) >= 11 is 0. The van der Waals surface area contributed by atoms with Gasteiger partial charge in [0, 0.05) is 27.8 Å². The molecule has 9 aromatic rings. The Hall–Kier alpha value is -7.23. The Bertz CT molecular complexity index is 2730. The van der Waals surface area contributed by atoms with E-state index in [1.54, 1.807) is 6.92 Å². The number of hydrogen-bond acceptors (Lipinski definition) is 3. The minimum absolute atomic E-state index is 0. The van der Waals surface area contributed by atoms with Gasteiger partial charge in [-0.15, -0.1) is 0 Å². The molecule has 0 atom stereocenters. The normalized spacial score (nSPS) is 9.77. The number of ketones is 3. The summed E-state index contributed by atoms with van der Waals surface area (Å²) in [7, 11) is 0. The van der Waals surface area contributed by atoms with Crippen LogP contribution in [0.5, 0.6) is 0 Å². The van der Waals surface area contributed by atoms with Crippen molar-refractivity contribution >= 4 is 49.7 Å². The lowest BCUT2D eigenvalue weighted by molar-refractivity contribution is 0.101. The fraction of sp³-hybridized carbons (Fsp3) is 0.121. The zero-order valence-corrected chi connectivity index (χ0v) is 33.4. The third kappa shape index (κ3) is 12.9. The van der Waals surface area contributed by atoms with Crippen LogP contribution >= 0.6 is 0 Å². The first-order valence-corrected chi connectivity index (χ1v) is 19.4. The van der Waals surface area contributed by atoms with Crippen molar-refractivity contribution in [2.45, 2.75) is 50.0 Å². The predicted octanol–water partition coefficient (Wildman–Crippen LogP) is 15.7. The third-order valence-electron chi connectivity index (χ3n) is 9.74. The number of hydrogen-bond donors (Lipinski definition) is 0. The number of Topliss-reactive ketones (excluding diaryl/α,β-unsaturated/α-hetero) is 1. The Labute approximate surface area is 363 Å². The van der Waals surface area contributed by atoms with Crippen molar-refractivity contribution in [3.63, 3.8) is 0 Å². The fourth-order valence-corrected chi connectivity index (χ4v) is 6.59. The van der Waals surface area contributed by atoms with Gasteiger partial charge in [0.15, 0.2) is 17.3 Å². The quantitative estimate of drug-likeness (QED) is 0.129. The molecular formula is C58H58O3. The Morgan fingerprint density at radius 1 is 0.311 bits per heavy atom. The van der Waals surface area contributed by atoms with Crippen LogP contribution in [0.4, 0.5) is 0 Å². The summed E-state index contributed by atoms with van der Waals surface area (Å²) in [4.78, 5) is 36.2. The lowest BCUT2D eigenvalue weighted by Gasteiger charge is -2.08. The van der Waals surface area contributed by atoms with Gasteiger partial charge in [-0.1, -0.05) is 233 Å². The Balaban J connectivity index is 0.000000222. The van der Waals surface area contributed by atoms with E-state index < -0.39 is 0 Å². The molecule has 0 aliphatic rings. The topological polar surface area (TPSA) is 51.2 Å². The standard InChI is InChI=1S/C18H14O.C16H12O.C14H12O.C7H8.3CH4/c1-13-6-8-15(9-7-13)18(19)17-11-10-14-4-2-3-5-16(14)12-17;1-11(17)16-14-8-4-2-6-12(14)10-13-7-3-5-9-15(13)16;1-11-7-9-13(10-8-11)14(15)12-5-3-2-4-6-12;1-7-5-3-2-4-6-7;;;/h2-12H,1H3;2-10H,1H3;2-10H,1H3;2-6H,1H3;3*1H4. The van der Waals surface area contributed by atoms with E-state index in [1.165, 1.54) is 11.1 Å². The van der Waals surface area contributed by atoms with Gasteiger partial charge in [-0.05, 0) is 72.1 Å². The minimum Gasteiger partial charge on any atom is -0.294 e. The van der Waals surface area contributed by atoms with Gasteiger partial charge < -0.3 is 0 Å². The second-order valence-corrected chi connectivity index (χ2v) is 14.2. The summed E-state index contributed by atoms with van der Waals surface area (Å²) < 4.78 is 0. The van der Waals surface area contributed by atoms with E-state index in [4.69, 9.17) is 0 Å². The van der Waals surface area contributed by atoms with Crippen molar-refractivity contribution in [1.82, 2.24) is 0 Å². The van der Waals surface area contributed by atoms with Crippen LogP contribution in [0, 0.1) is 20.8 Å². The van der Waals surface area contributed by atoms with Gasteiger partial charge >= 0.3 is 0 Å². The first kappa shape index (κ1) is 48.1. The number of rotatable bonds is 5. The first-order chi connectivity index (χ1) is 28.2. The van der Waals surface area contributed by atoms with Gasteiger partial charge in [0.1, 0.15) is 0 Å². The molecule has 3 nitrogen and oxygen atoms in total. The van der Waals surface area contributed by atoms with Gasteiger partial charge in [-0.25, -0.2) is 0 Å². The minimum atomic E-state index is 0. The average molecular weight is 803 g/mol. The van der Waals surface area contributed by atoms with Crippen LogP contribution in [0.3, 0.4) is 0 Å². The highest BCUT2D eigenvalue weighted by atomic mass is 16.1. The van der Waals surface area contributed by atoms with Crippen LogP contribution in [0.2, 0.25) is 0 Å². The zero-order valence-electron chi connectivity index (χ0n) is 33.4. The Morgan fingerprint density at radius 3 is 1.10 bits per heavy atom. The van der Waals surface area contributed by atoms with Gasteiger partial charge in [0.2, 0.25) is 0 Å². The van der Waals surface area contributed by atoms with Crippen molar-refractivity contribution in [1.29, 1.82) is 0 Å². The molecule has 0 radical (unpaired) electrons. The van der Waals surface area contributed by atoms with Gasteiger partial charge in [0.25, 0.3) is 0 Å². The maximum atomic E-state index is 12.4. The van der Waals surface area contributed by atoms with Crippen LogP contribution in [0.25, 0.3) is 32.3 Å². The molecule has 0 aromatic heterocycles. The van der Waals surface area contributed by atoms with E-state index in [2.05, 4.69) is 31.2 Å². The summed E-state index contributed by atoms with van der Waals surface area (Å²) in [6.07, 6.45) is 0. The van der Waals surface area contributed by atoms with Crippen molar-refractivity contribution < 1.29 is 14.4 Å². The number of carbonyl (C=O) groups is 3. The first-order valence-electron chi connectivity index (χ1n) is 19.4. The van der Waals surface area contributed by atoms with Crippen molar-refractivity contribution in [3.05, 3.63) is 251 Å². The molecule has 0 fully saturated rings. The highest BCUT2D eigenvalue weighted by Gasteiger charge is 2.11. The fourth-order valence-electron chi connectivity index (χ4n) is 6.59. The van der Waals surface area contributed by atoms with Crippen molar-refractivity contribution in [2.24, 2.45) is 0 Å². The molecule has 0 aliphatic carbocycles. The highest BCUT2D eigenvalue weighted by molar-refractivity contribution is 6.18. The van der Waals surface area contributed by atoms with E-state index in [-0.39, 0.29) is 39.6 Å². The van der Waals surface area contributed by atoms with Crippen molar-refractivity contribution in [3.8, 4) is 0 Å². The molecule has 308 valence electrons. The summed E-state index contributed by atoms with van der Waals surface area (Å²) in [6.45, 7) is 7.75. The van der Waals surface area contributed by atoms with Crippen LogP contribution in [-0.4, -0.2) is 17.3 Å². The lowest BCUT2D eigenvalue weighted by Crippen LogP contribution is -2.00. The monoisotopic (exact) mass is 802 g/mol. The molecule has 61 heavy (non-hydrogen) atoms. The Morgan fingerprint density at radius 2 is 0.656 bits per heavy atom. The molecule has 0 N–H and O–H groups in total. The molecule has 0 bridgehead atoms. The molecule has 9 rings (SSSR count). The number of fused-ring (bicyclic) bond motifs is 3. The number of carbonyl (C=O) groups excluding carboxylic acids is 3. The highest BCUT2D eigenvalue weighted by Crippen LogP contribution is 2.28. The molecule has 0 spiro atoms. The summed E-state index contributed by atoms with van der Waals surface area (Å²) in [5.41, 5.74) is 7.44. The SMILES string of the molecule is C.C.C.CC(=O)c1c2ccccc2cc2ccccc12.Cc1ccc(C(=O)c2ccc3ccccc3c2)cc1.Cc1ccc(C(=O)c2ccccc2)cc1.Cc1ccccc1. The largest absolute Gasteiger partial charge is 0.294 e. The lowest BCUT2D eigenvalue weighted by atomic mass is 9.95. The molecule has 9 aromatic carbocycles. The summed E-state index contributed by atoms with van der Waals surface area (Å²) in [6, 6.07) is 67.1. The van der Waals surface area contributed by atoms with Gasteiger partial charge in [-0.3, -0.25) is 14.4 Å². The zero-order chi connectivity index (χ0) is 40.9. The molecule has 0 aliphatic heterocycles. The maximum absolute atomic E-state index is 12.4. The summed E-state index contributed by atoms with van der Waals surface area (Å²) in [5, 5.41) is 6.58. The van der Waals surface area contributed by atoms with E-state index >= 15 is 0 Å². The Kier molecular flexibility index (Phi) is 18.5. The summed E-state index contributed by atoms with van der Waals surface area (Å²) in [5.74, 6) is 0.277. The van der Waals surface area contributed by atoms with Crippen LogP contribution in [0.15, 0.2) is 206 Å². The predicted molar refractivity (Wildman–Crippen MR) is 262 cm³/mol.